The van der Waals surface area contributed by atoms with Crippen LogP contribution in [0.25, 0.3) is 0 Å². The van der Waals surface area contributed by atoms with Crippen LogP contribution in [0.4, 0.5) is 6.01 Å². The molecular formula is C25H41N5O2. The van der Waals surface area contributed by atoms with Crippen LogP contribution in [0, 0.1) is 5.92 Å². The standard InChI is InChI=1S/C25H41N5O2/c1-5-7-10-20(16-19-17-28-25(3)12-9-8-11-21(19)25)29-23(31)22-18-27-24(32-22)26-13-15-30(4)14-6-2/h8,11,17-18,20-21,28H,5-7,9-10,12-16H2,1-4H3,(H,26,27)(H,29,31). The maximum absolute atomic E-state index is 12.9. The maximum atomic E-state index is 12.9. The van der Waals surface area contributed by atoms with Crippen LogP contribution in [0.15, 0.2) is 34.5 Å². The topological polar surface area (TPSA) is 82.4 Å². The van der Waals surface area contributed by atoms with Gasteiger partial charge in [0, 0.05) is 30.6 Å². The largest absolute Gasteiger partial charge is 0.418 e. The molecule has 1 aliphatic heterocycles. The molecule has 2 aliphatic rings. The second kappa shape index (κ2) is 11.5. The van der Waals surface area contributed by atoms with E-state index in [1.807, 2.05) is 0 Å². The predicted octanol–water partition coefficient (Wildman–Crippen LogP) is 4.32. The smallest absolute Gasteiger partial charge is 0.295 e. The van der Waals surface area contributed by atoms with Gasteiger partial charge in [-0.1, -0.05) is 38.8 Å². The molecule has 1 aromatic heterocycles. The van der Waals surface area contributed by atoms with E-state index in [9.17, 15) is 4.79 Å². The summed E-state index contributed by atoms with van der Waals surface area (Å²) in [4.78, 5) is 19.4. The zero-order valence-electron chi connectivity index (χ0n) is 20.2. The molecule has 0 saturated heterocycles. The lowest BCUT2D eigenvalue weighted by molar-refractivity contribution is 0.0906. The highest BCUT2D eigenvalue weighted by molar-refractivity contribution is 5.91. The van der Waals surface area contributed by atoms with E-state index in [1.54, 1.807) is 0 Å². The van der Waals surface area contributed by atoms with Gasteiger partial charge in [-0.3, -0.25) is 4.79 Å². The zero-order valence-corrected chi connectivity index (χ0v) is 20.2. The first-order chi connectivity index (χ1) is 15.4. The Morgan fingerprint density at radius 1 is 1.38 bits per heavy atom. The fraction of sp³-hybridized carbons (Fsp3) is 0.680. The molecule has 3 N–H and O–H groups in total. The molecular weight excluding hydrogens is 402 g/mol. The summed E-state index contributed by atoms with van der Waals surface area (Å²) < 4.78 is 5.67. The van der Waals surface area contributed by atoms with Gasteiger partial charge in [0.15, 0.2) is 0 Å². The van der Waals surface area contributed by atoms with Crippen LogP contribution in [0.5, 0.6) is 0 Å². The van der Waals surface area contributed by atoms with Crippen LogP contribution in [0.2, 0.25) is 0 Å². The van der Waals surface area contributed by atoms with E-state index in [0.717, 1.165) is 64.6 Å². The average molecular weight is 444 g/mol. The first-order valence-corrected chi connectivity index (χ1v) is 12.3. The SMILES string of the molecule is CCCCC(CC1=CNC2(C)CCC=CC12)NC(=O)c1cnc(NCCN(C)CCC)o1. The van der Waals surface area contributed by atoms with Crippen molar-refractivity contribution in [3.05, 3.63) is 35.9 Å². The van der Waals surface area contributed by atoms with Gasteiger partial charge in [-0.15, -0.1) is 0 Å². The highest BCUT2D eigenvalue weighted by Gasteiger charge is 2.40. The number of rotatable bonds is 13. The number of hydrogen-bond acceptors (Lipinski definition) is 6. The molecule has 3 rings (SSSR count). The number of amides is 1. The van der Waals surface area contributed by atoms with Crippen molar-refractivity contribution in [1.29, 1.82) is 0 Å². The molecule has 0 radical (unpaired) electrons. The minimum absolute atomic E-state index is 0.0809. The number of aromatic nitrogens is 1. The van der Waals surface area contributed by atoms with Crippen molar-refractivity contribution >= 4 is 11.9 Å². The molecule has 7 nitrogen and oxygen atoms in total. The summed E-state index contributed by atoms with van der Waals surface area (Å²) in [6, 6.07) is 0.480. The van der Waals surface area contributed by atoms with Gasteiger partial charge >= 0.3 is 0 Å². The molecule has 0 bridgehead atoms. The summed E-state index contributed by atoms with van der Waals surface area (Å²) in [5, 5.41) is 9.98. The molecule has 1 aliphatic carbocycles. The number of allylic oxidation sites excluding steroid dienone is 1. The number of nitrogens with zero attached hydrogens (tertiary/aromatic N) is 2. The second-order valence-electron chi connectivity index (χ2n) is 9.50. The highest BCUT2D eigenvalue weighted by Crippen LogP contribution is 2.40. The van der Waals surface area contributed by atoms with Gasteiger partial charge < -0.3 is 25.3 Å². The van der Waals surface area contributed by atoms with Crippen LogP contribution >= 0.6 is 0 Å². The number of carbonyl (C=O) groups is 1. The molecule has 1 amide bonds. The van der Waals surface area contributed by atoms with E-state index in [2.05, 4.69) is 72.0 Å². The molecule has 7 heteroatoms. The van der Waals surface area contributed by atoms with Crippen molar-refractivity contribution in [2.24, 2.45) is 5.92 Å². The fourth-order valence-corrected chi connectivity index (χ4v) is 4.74. The van der Waals surface area contributed by atoms with Gasteiger partial charge in [0.1, 0.15) is 0 Å². The second-order valence-corrected chi connectivity index (χ2v) is 9.50. The van der Waals surface area contributed by atoms with Crippen molar-refractivity contribution < 1.29 is 9.21 Å². The third-order valence-corrected chi connectivity index (χ3v) is 6.66. The van der Waals surface area contributed by atoms with Crippen LogP contribution in [-0.2, 0) is 0 Å². The van der Waals surface area contributed by atoms with Gasteiger partial charge in [-0.05, 0) is 64.4 Å². The normalized spacial score (nSPS) is 22.9. The molecule has 178 valence electrons. The lowest BCUT2D eigenvalue weighted by Crippen LogP contribution is -2.43. The number of hydrogen-bond donors (Lipinski definition) is 3. The molecule has 3 atom stereocenters. The number of nitrogens with one attached hydrogen (secondary N) is 3. The molecule has 3 unspecified atom stereocenters. The number of unbranched alkanes of at least 4 members (excludes halogenated alkanes) is 1. The summed E-state index contributed by atoms with van der Waals surface area (Å²) in [6.45, 7) is 9.33. The molecule has 0 fully saturated rings. The number of anilines is 1. The number of fused-ring (bicyclic) bond motifs is 1. The van der Waals surface area contributed by atoms with E-state index in [1.165, 1.54) is 11.8 Å². The first kappa shape index (κ1) is 24.4. The Bertz CT molecular complexity index is 802. The average Bonchev–Trinajstić information content (AvgIpc) is 3.37. The number of likely N-dealkylation sites (N-methyl/N-ethyl adjacent to an activating group) is 1. The number of oxazole rings is 1. The highest BCUT2D eigenvalue weighted by atomic mass is 16.4. The van der Waals surface area contributed by atoms with Gasteiger partial charge in [0.05, 0.1) is 6.20 Å². The first-order valence-electron chi connectivity index (χ1n) is 12.3. The summed E-state index contributed by atoms with van der Waals surface area (Å²) >= 11 is 0. The predicted molar refractivity (Wildman–Crippen MR) is 130 cm³/mol. The lowest BCUT2D eigenvalue weighted by Gasteiger charge is -2.35. The molecule has 1 aromatic rings. The van der Waals surface area contributed by atoms with Gasteiger partial charge in [0.25, 0.3) is 11.9 Å². The Morgan fingerprint density at radius 2 is 2.22 bits per heavy atom. The van der Waals surface area contributed by atoms with Crippen molar-refractivity contribution in [1.82, 2.24) is 20.5 Å². The van der Waals surface area contributed by atoms with E-state index in [0.29, 0.717) is 11.9 Å². The fourth-order valence-electron chi connectivity index (χ4n) is 4.74. The van der Waals surface area contributed by atoms with Gasteiger partial charge in [0.2, 0.25) is 5.76 Å². The third kappa shape index (κ3) is 6.37. The van der Waals surface area contributed by atoms with E-state index < -0.39 is 0 Å². The summed E-state index contributed by atoms with van der Waals surface area (Å²) in [6.07, 6.45) is 15.7. The van der Waals surface area contributed by atoms with Gasteiger partial charge in [-0.25, -0.2) is 4.98 Å². The molecule has 32 heavy (non-hydrogen) atoms. The number of carbonyl (C=O) groups excluding carboxylic acids is 1. The summed E-state index contributed by atoms with van der Waals surface area (Å²) in [7, 11) is 2.09. The Hall–Kier alpha value is -2.28. The van der Waals surface area contributed by atoms with E-state index in [4.69, 9.17) is 4.42 Å². The monoisotopic (exact) mass is 443 g/mol. The molecule has 2 heterocycles. The molecule has 0 aromatic carbocycles. The van der Waals surface area contributed by atoms with Crippen LogP contribution in [0.1, 0.15) is 76.3 Å². The van der Waals surface area contributed by atoms with Crippen molar-refractivity contribution in [2.75, 3.05) is 32.0 Å². The zero-order chi connectivity index (χ0) is 23.0. The minimum Gasteiger partial charge on any atom is -0.418 e. The van der Waals surface area contributed by atoms with E-state index in [-0.39, 0.29) is 23.2 Å². The van der Waals surface area contributed by atoms with Crippen molar-refractivity contribution in [3.63, 3.8) is 0 Å². The van der Waals surface area contributed by atoms with E-state index >= 15 is 0 Å². The Kier molecular flexibility index (Phi) is 8.79. The maximum Gasteiger partial charge on any atom is 0.295 e. The van der Waals surface area contributed by atoms with Crippen LogP contribution in [0.3, 0.4) is 0 Å². The van der Waals surface area contributed by atoms with Crippen LogP contribution < -0.4 is 16.0 Å². The van der Waals surface area contributed by atoms with Crippen molar-refractivity contribution in [3.8, 4) is 0 Å². The summed E-state index contributed by atoms with van der Waals surface area (Å²) in [5.74, 6) is 0.476. The Morgan fingerprint density at radius 3 is 3.00 bits per heavy atom. The molecule has 0 spiro atoms. The third-order valence-electron chi connectivity index (χ3n) is 6.66. The minimum atomic E-state index is -0.191. The molecule has 0 saturated carbocycles. The van der Waals surface area contributed by atoms with Gasteiger partial charge in [-0.2, -0.15) is 0 Å². The lowest BCUT2D eigenvalue weighted by atomic mass is 9.75. The Labute approximate surface area is 193 Å². The quantitative estimate of drug-likeness (QED) is 0.394. The van der Waals surface area contributed by atoms with Crippen molar-refractivity contribution in [2.45, 2.75) is 77.3 Å². The van der Waals surface area contributed by atoms with Crippen LogP contribution in [-0.4, -0.2) is 54.1 Å². The summed E-state index contributed by atoms with van der Waals surface area (Å²) in [5.41, 5.74) is 1.49. The Balaban J connectivity index is 1.55.